The van der Waals surface area contributed by atoms with E-state index >= 15 is 0 Å². The van der Waals surface area contributed by atoms with Crippen molar-refractivity contribution >= 4 is 17.5 Å². The number of H-pyrrole nitrogens is 1. The number of carbonyl (C=O) groups excluding carboxylic acids is 1. The van der Waals surface area contributed by atoms with E-state index in [0.717, 1.165) is 23.6 Å². The van der Waals surface area contributed by atoms with Gasteiger partial charge in [0.05, 0.1) is 0 Å². The van der Waals surface area contributed by atoms with Crippen LogP contribution in [0.4, 0.5) is 0 Å². The molecular formula is C10H14ClN3O3. The number of hydrogen-bond donors (Lipinski definition) is 2. The molecule has 0 spiro atoms. The van der Waals surface area contributed by atoms with E-state index in [9.17, 15) is 14.4 Å². The van der Waals surface area contributed by atoms with E-state index in [-0.39, 0.29) is 17.5 Å². The fourth-order valence-electron chi connectivity index (χ4n) is 1.22. The lowest BCUT2D eigenvalue weighted by atomic mass is 10.3. The third-order valence-corrected chi connectivity index (χ3v) is 2.40. The minimum Gasteiger partial charge on any atom is -0.355 e. The van der Waals surface area contributed by atoms with Crippen LogP contribution in [-0.4, -0.2) is 22.0 Å². The molecular weight excluding hydrogens is 246 g/mol. The first kappa shape index (κ1) is 13.5. The molecule has 0 saturated carbocycles. The summed E-state index contributed by atoms with van der Waals surface area (Å²) < 4.78 is 1.06. The van der Waals surface area contributed by atoms with Crippen molar-refractivity contribution in [3.8, 4) is 0 Å². The molecule has 0 unspecified atom stereocenters. The molecule has 1 amide bonds. The summed E-state index contributed by atoms with van der Waals surface area (Å²) in [5, 5.41) is 2.54. The number of nitrogens with one attached hydrogen (secondary N) is 2. The molecule has 17 heavy (non-hydrogen) atoms. The highest BCUT2D eigenvalue weighted by Gasteiger charge is 2.06. The smallest absolute Gasteiger partial charge is 0.328 e. The van der Waals surface area contributed by atoms with Gasteiger partial charge in [-0.1, -0.05) is 24.9 Å². The van der Waals surface area contributed by atoms with Gasteiger partial charge in [-0.2, -0.15) is 0 Å². The number of halogens is 1. The van der Waals surface area contributed by atoms with Crippen LogP contribution in [-0.2, 0) is 11.3 Å². The highest BCUT2D eigenvalue weighted by Crippen LogP contribution is 1.95. The van der Waals surface area contributed by atoms with E-state index in [1.165, 1.54) is 0 Å². The molecule has 0 bridgehead atoms. The normalized spacial score (nSPS) is 10.2. The number of amides is 1. The van der Waals surface area contributed by atoms with Gasteiger partial charge in [0.25, 0.3) is 5.56 Å². The maximum Gasteiger partial charge on any atom is 0.328 e. The predicted molar refractivity (Wildman–Crippen MR) is 64.3 cm³/mol. The molecule has 0 radical (unpaired) electrons. The van der Waals surface area contributed by atoms with Crippen molar-refractivity contribution in [3.63, 3.8) is 0 Å². The summed E-state index contributed by atoms with van der Waals surface area (Å²) in [6.45, 7) is 2.43. The van der Waals surface area contributed by atoms with Crippen molar-refractivity contribution in [1.82, 2.24) is 14.9 Å². The number of rotatable bonds is 5. The summed E-state index contributed by atoms with van der Waals surface area (Å²) in [5.41, 5.74) is -1.30. The molecule has 1 heterocycles. The molecule has 0 aliphatic rings. The average Bonchev–Trinajstić information content (AvgIpc) is 2.26. The van der Waals surface area contributed by atoms with Crippen LogP contribution in [0.15, 0.2) is 15.8 Å². The monoisotopic (exact) mass is 259 g/mol. The Bertz CT molecular complexity index is 506. The van der Waals surface area contributed by atoms with Gasteiger partial charge in [0.1, 0.15) is 11.6 Å². The minimum absolute atomic E-state index is 0.119. The zero-order valence-electron chi connectivity index (χ0n) is 9.46. The molecule has 6 nitrogen and oxygen atoms in total. The van der Waals surface area contributed by atoms with Crippen LogP contribution in [0.1, 0.15) is 19.8 Å². The highest BCUT2D eigenvalue weighted by molar-refractivity contribution is 6.30. The quantitative estimate of drug-likeness (QED) is 0.736. The van der Waals surface area contributed by atoms with E-state index in [1.54, 1.807) is 0 Å². The van der Waals surface area contributed by atoms with Gasteiger partial charge < -0.3 is 5.32 Å². The van der Waals surface area contributed by atoms with Gasteiger partial charge in [-0.25, -0.2) is 4.79 Å². The molecule has 0 atom stereocenters. The average molecular weight is 260 g/mol. The van der Waals surface area contributed by atoms with E-state index in [1.807, 2.05) is 11.9 Å². The summed E-state index contributed by atoms with van der Waals surface area (Å²) in [6.07, 6.45) is 3.01. The zero-order chi connectivity index (χ0) is 12.8. The van der Waals surface area contributed by atoms with E-state index in [4.69, 9.17) is 11.6 Å². The molecule has 1 rings (SSSR count). The van der Waals surface area contributed by atoms with Crippen LogP contribution >= 0.6 is 11.6 Å². The Morgan fingerprint density at radius 1 is 1.53 bits per heavy atom. The van der Waals surface area contributed by atoms with E-state index in [2.05, 4.69) is 5.32 Å². The number of hydrogen-bond acceptors (Lipinski definition) is 3. The zero-order valence-corrected chi connectivity index (χ0v) is 10.2. The second-order valence-corrected chi connectivity index (χ2v) is 3.97. The van der Waals surface area contributed by atoms with Gasteiger partial charge in [-0.3, -0.25) is 19.1 Å². The van der Waals surface area contributed by atoms with Crippen LogP contribution in [0, 0.1) is 0 Å². The highest BCUT2D eigenvalue weighted by atomic mass is 35.5. The summed E-state index contributed by atoms with van der Waals surface area (Å²) >= 11 is 5.56. The van der Waals surface area contributed by atoms with Gasteiger partial charge in [-0.05, 0) is 6.42 Å². The summed E-state index contributed by atoms with van der Waals surface area (Å²) in [6, 6.07) is 0. The Labute approximate surface area is 103 Å². The van der Waals surface area contributed by atoms with Crippen molar-refractivity contribution in [3.05, 3.63) is 32.1 Å². The lowest BCUT2D eigenvalue weighted by Gasteiger charge is -2.06. The fraction of sp³-hybridized carbons (Fsp3) is 0.500. The van der Waals surface area contributed by atoms with Gasteiger partial charge >= 0.3 is 5.69 Å². The third-order valence-electron chi connectivity index (χ3n) is 2.13. The molecule has 94 valence electrons. The molecule has 2 N–H and O–H groups in total. The number of aromatic amines is 1. The maximum atomic E-state index is 11.4. The Balaban J connectivity index is 2.69. The summed E-state index contributed by atoms with van der Waals surface area (Å²) in [4.78, 5) is 35.8. The molecule has 0 aliphatic carbocycles. The van der Waals surface area contributed by atoms with E-state index < -0.39 is 11.2 Å². The molecule has 7 heteroatoms. The van der Waals surface area contributed by atoms with Crippen LogP contribution < -0.4 is 16.6 Å². The van der Waals surface area contributed by atoms with Gasteiger partial charge in [-0.15, -0.1) is 0 Å². The second kappa shape index (κ2) is 6.24. The number of aromatic nitrogens is 2. The van der Waals surface area contributed by atoms with Crippen LogP contribution in [0.5, 0.6) is 0 Å². The number of nitrogens with zero attached hydrogens (tertiary/aromatic N) is 1. The lowest BCUT2D eigenvalue weighted by molar-refractivity contribution is -0.121. The van der Waals surface area contributed by atoms with Crippen molar-refractivity contribution in [2.24, 2.45) is 0 Å². The van der Waals surface area contributed by atoms with Crippen LogP contribution in [0.2, 0.25) is 5.02 Å². The predicted octanol–water partition coefficient (Wildman–Crippen LogP) is 0.106. The van der Waals surface area contributed by atoms with Gasteiger partial charge in [0, 0.05) is 12.7 Å². The van der Waals surface area contributed by atoms with Gasteiger partial charge in [0.2, 0.25) is 5.91 Å². The number of unbranched alkanes of at least 4 members (excludes halogenated alkanes) is 1. The van der Waals surface area contributed by atoms with Crippen molar-refractivity contribution in [1.29, 1.82) is 0 Å². The Hall–Kier alpha value is -1.56. The van der Waals surface area contributed by atoms with Gasteiger partial charge in [0.15, 0.2) is 0 Å². The molecule has 0 fully saturated rings. The largest absolute Gasteiger partial charge is 0.355 e. The summed E-state index contributed by atoms with van der Waals surface area (Å²) in [7, 11) is 0. The Kier molecular flexibility index (Phi) is 4.96. The first-order valence-corrected chi connectivity index (χ1v) is 5.68. The molecule has 0 aromatic carbocycles. The lowest BCUT2D eigenvalue weighted by Crippen LogP contribution is -2.36. The Morgan fingerprint density at radius 3 is 2.88 bits per heavy atom. The minimum atomic E-state index is -0.653. The topological polar surface area (TPSA) is 84.0 Å². The van der Waals surface area contributed by atoms with Crippen LogP contribution in [0.25, 0.3) is 0 Å². The Morgan fingerprint density at radius 2 is 2.24 bits per heavy atom. The second-order valence-electron chi connectivity index (χ2n) is 3.57. The van der Waals surface area contributed by atoms with Crippen molar-refractivity contribution in [2.45, 2.75) is 26.3 Å². The van der Waals surface area contributed by atoms with Crippen molar-refractivity contribution in [2.75, 3.05) is 6.54 Å². The standard InChI is InChI=1S/C10H14ClN3O3/c1-2-3-4-12-8(15)6-14-5-7(11)9(16)13-10(14)17/h5H,2-4,6H2,1H3,(H,12,15)(H,13,16,17). The molecule has 1 aromatic rings. The summed E-state index contributed by atoms with van der Waals surface area (Å²) in [5.74, 6) is -0.288. The molecule has 0 aliphatic heterocycles. The SMILES string of the molecule is CCCCNC(=O)Cn1cc(Cl)c(=O)[nH]c1=O. The van der Waals surface area contributed by atoms with Crippen molar-refractivity contribution < 1.29 is 4.79 Å². The molecule has 0 saturated heterocycles. The third kappa shape index (κ3) is 4.07. The first-order chi connectivity index (χ1) is 8.04. The van der Waals surface area contributed by atoms with E-state index in [0.29, 0.717) is 6.54 Å². The maximum absolute atomic E-state index is 11.4. The van der Waals surface area contributed by atoms with Crippen LogP contribution in [0.3, 0.4) is 0 Å². The fourth-order valence-corrected chi connectivity index (χ4v) is 1.38. The molecule has 1 aromatic heterocycles. The first-order valence-electron chi connectivity index (χ1n) is 5.30. The number of carbonyl (C=O) groups is 1.